The molecule has 0 saturated heterocycles. The van der Waals surface area contributed by atoms with Crippen LogP contribution in [0.15, 0.2) is 16.9 Å². The summed E-state index contributed by atoms with van der Waals surface area (Å²) in [5, 5.41) is 23.8. The highest BCUT2D eigenvalue weighted by Gasteiger charge is 2.26. The molecule has 0 fully saturated rings. The second-order valence-corrected chi connectivity index (χ2v) is 5.96. The zero-order valence-corrected chi connectivity index (χ0v) is 14.0. The minimum absolute atomic E-state index is 0.0683. The monoisotopic (exact) mass is 321 g/mol. The molecule has 0 saturated carbocycles. The number of aryl methyl sites for hydroxylation is 3. The van der Waals surface area contributed by atoms with E-state index < -0.39 is 5.60 Å². The van der Waals surface area contributed by atoms with E-state index in [-0.39, 0.29) is 18.6 Å². The minimum atomic E-state index is -1.20. The third-order valence-electron chi connectivity index (χ3n) is 3.79. The molecule has 8 heteroatoms. The van der Waals surface area contributed by atoms with Crippen molar-refractivity contribution in [2.24, 2.45) is 7.05 Å². The van der Waals surface area contributed by atoms with Crippen LogP contribution >= 0.6 is 0 Å². The predicted molar refractivity (Wildman–Crippen MR) is 83.7 cm³/mol. The number of carbonyl (C=O) groups is 1. The first-order valence-electron chi connectivity index (χ1n) is 7.39. The zero-order valence-electron chi connectivity index (χ0n) is 14.0. The maximum Gasteiger partial charge on any atom is 0.315 e. The summed E-state index contributed by atoms with van der Waals surface area (Å²) in [6, 6.07) is -0.619. The molecule has 0 aliphatic heterocycles. The Labute approximate surface area is 134 Å². The molecule has 126 valence electrons. The first-order chi connectivity index (χ1) is 10.7. The summed E-state index contributed by atoms with van der Waals surface area (Å²) in [7, 11) is 1.77. The lowest BCUT2D eigenvalue weighted by Gasteiger charge is -2.23. The highest BCUT2D eigenvalue weighted by Crippen LogP contribution is 2.21. The highest BCUT2D eigenvalue weighted by atomic mass is 16.5. The summed E-state index contributed by atoms with van der Waals surface area (Å²) in [5.41, 5.74) is 1.05. The number of hydrogen-bond acceptors (Lipinski definition) is 5. The number of nitrogens with one attached hydrogen (secondary N) is 2. The van der Waals surface area contributed by atoms with Crippen molar-refractivity contribution in [3.63, 3.8) is 0 Å². The standard InChI is InChI=1S/C15H23N5O3/c1-9(13-10(2)19-23-11(13)3)18-14(21)16-8-15(4,22)12-6-17-20(5)7-12/h6-7,9,22H,8H2,1-5H3,(H2,16,18,21). The molecule has 2 atom stereocenters. The molecule has 2 heterocycles. The van der Waals surface area contributed by atoms with Gasteiger partial charge < -0.3 is 20.3 Å². The van der Waals surface area contributed by atoms with E-state index in [2.05, 4.69) is 20.9 Å². The molecule has 8 nitrogen and oxygen atoms in total. The van der Waals surface area contributed by atoms with Crippen molar-refractivity contribution in [2.75, 3.05) is 6.54 Å². The Hall–Kier alpha value is -2.35. The van der Waals surface area contributed by atoms with Gasteiger partial charge in [-0.15, -0.1) is 0 Å². The van der Waals surface area contributed by atoms with Crippen LogP contribution < -0.4 is 10.6 Å². The Bertz CT molecular complexity index is 670. The van der Waals surface area contributed by atoms with Crippen molar-refractivity contribution in [3.8, 4) is 0 Å². The number of amides is 2. The fraction of sp³-hybridized carbons (Fsp3) is 0.533. The molecule has 0 radical (unpaired) electrons. The fourth-order valence-corrected chi connectivity index (χ4v) is 2.48. The van der Waals surface area contributed by atoms with Gasteiger partial charge in [0.25, 0.3) is 0 Å². The van der Waals surface area contributed by atoms with Gasteiger partial charge in [0.05, 0.1) is 24.5 Å². The van der Waals surface area contributed by atoms with Gasteiger partial charge in [-0.05, 0) is 27.7 Å². The van der Waals surface area contributed by atoms with Crippen LogP contribution in [0, 0.1) is 13.8 Å². The Morgan fingerprint density at radius 3 is 2.74 bits per heavy atom. The van der Waals surface area contributed by atoms with Crippen LogP contribution in [0.25, 0.3) is 0 Å². The van der Waals surface area contributed by atoms with Crippen LogP contribution in [0.2, 0.25) is 0 Å². The van der Waals surface area contributed by atoms with Crippen LogP contribution in [0.4, 0.5) is 4.79 Å². The second kappa shape index (κ2) is 6.41. The van der Waals surface area contributed by atoms with E-state index in [0.29, 0.717) is 11.3 Å². The number of carbonyl (C=O) groups excluding carboxylic acids is 1. The SMILES string of the molecule is Cc1noc(C)c1C(C)NC(=O)NCC(C)(O)c1cnn(C)c1. The minimum Gasteiger partial charge on any atom is -0.383 e. The van der Waals surface area contributed by atoms with Crippen molar-refractivity contribution in [1.29, 1.82) is 0 Å². The Kier molecular flexibility index (Phi) is 4.74. The molecular weight excluding hydrogens is 298 g/mol. The maximum absolute atomic E-state index is 12.0. The van der Waals surface area contributed by atoms with Gasteiger partial charge in [-0.3, -0.25) is 4.68 Å². The van der Waals surface area contributed by atoms with Crippen LogP contribution in [-0.2, 0) is 12.6 Å². The summed E-state index contributed by atoms with van der Waals surface area (Å²) < 4.78 is 6.70. The Morgan fingerprint density at radius 2 is 2.22 bits per heavy atom. The number of urea groups is 1. The molecule has 3 N–H and O–H groups in total. The van der Waals surface area contributed by atoms with Gasteiger partial charge in [-0.25, -0.2) is 4.79 Å². The first-order valence-corrected chi connectivity index (χ1v) is 7.39. The van der Waals surface area contributed by atoms with Crippen LogP contribution in [-0.4, -0.2) is 32.6 Å². The lowest BCUT2D eigenvalue weighted by molar-refractivity contribution is 0.0592. The van der Waals surface area contributed by atoms with Gasteiger partial charge in [-0.2, -0.15) is 5.10 Å². The number of rotatable bonds is 5. The molecule has 2 amide bonds. The van der Waals surface area contributed by atoms with E-state index in [1.165, 1.54) is 0 Å². The number of hydrogen-bond donors (Lipinski definition) is 3. The van der Waals surface area contributed by atoms with Crippen molar-refractivity contribution < 1.29 is 14.4 Å². The quantitative estimate of drug-likeness (QED) is 0.769. The van der Waals surface area contributed by atoms with Crippen molar-refractivity contribution >= 4 is 6.03 Å². The van der Waals surface area contributed by atoms with E-state index in [4.69, 9.17) is 4.52 Å². The summed E-state index contributed by atoms with van der Waals surface area (Å²) in [5.74, 6) is 0.678. The van der Waals surface area contributed by atoms with Gasteiger partial charge in [0.15, 0.2) is 0 Å². The molecule has 2 rings (SSSR count). The van der Waals surface area contributed by atoms with E-state index in [1.54, 1.807) is 38.0 Å². The largest absolute Gasteiger partial charge is 0.383 e. The molecule has 23 heavy (non-hydrogen) atoms. The van der Waals surface area contributed by atoms with E-state index in [0.717, 1.165) is 11.3 Å². The lowest BCUT2D eigenvalue weighted by Crippen LogP contribution is -2.44. The number of aromatic nitrogens is 3. The van der Waals surface area contributed by atoms with Gasteiger partial charge in [0, 0.05) is 24.4 Å². The summed E-state index contributed by atoms with van der Waals surface area (Å²) in [6.07, 6.45) is 3.29. The summed E-state index contributed by atoms with van der Waals surface area (Å²) >= 11 is 0. The molecule has 2 aromatic rings. The second-order valence-electron chi connectivity index (χ2n) is 5.96. The normalized spacial score (nSPS) is 15.0. The fourth-order valence-electron chi connectivity index (χ4n) is 2.48. The molecular formula is C15H23N5O3. The number of nitrogens with zero attached hydrogens (tertiary/aromatic N) is 3. The molecule has 0 spiro atoms. The van der Waals surface area contributed by atoms with E-state index in [1.807, 2.05) is 13.8 Å². The average molecular weight is 321 g/mol. The smallest absolute Gasteiger partial charge is 0.315 e. The van der Waals surface area contributed by atoms with Crippen molar-refractivity contribution in [1.82, 2.24) is 25.6 Å². The van der Waals surface area contributed by atoms with Crippen LogP contribution in [0.5, 0.6) is 0 Å². The van der Waals surface area contributed by atoms with Crippen molar-refractivity contribution in [2.45, 2.75) is 39.3 Å². The molecule has 0 aliphatic rings. The predicted octanol–water partition coefficient (Wildman–Crippen LogP) is 1.29. The van der Waals surface area contributed by atoms with E-state index in [9.17, 15) is 9.90 Å². The summed E-state index contributed by atoms with van der Waals surface area (Å²) in [4.78, 5) is 12.0. The molecule has 0 aliphatic carbocycles. The third kappa shape index (κ3) is 3.89. The first kappa shape index (κ1) is 17.0. The van der Waals surface area contributed by atoms with Gasteiger partial charge in [-0.1, -0.05) is 5.16 Å². The maximum atomic E-state index is 12.0. The third-order valence-corrected chi connectivity index (χ3v) is 3.79. The Morgan fingerprint density at radius 1 is 1.52 bits per heavy atom. The van der Waals surface area contributed by atoms with Gasteiger partial charge in [0.2, 0.25) is 0 Å². The topological polar surface area (TPSA) is 105 Å². The summed E-state index contributed by atoms with van der Waals surface area (Å²) in [6.45, 7) is 7.18. The Balaban J connectivity index is 1.92. The average Bonchev–Trinajstić information content (AvgIpc) is 3.03. The number of aliphatic hydroxyl groups is 1. The van der Waals surface area contributed by atoms with Gasteiger partial charge in [0.1, 0.15) is 11.4 Å². The highest BCUT2D eigenvalue weighted by molar-refractivity contribution is 5.74. The van der Waals surface area contributed by atoms with Crippen molar-refractivity contribution in [3.05, 3.63) is 35.0 Å². The zero-order chi connectivity index (χ0) is 17.2. The van der Waals surface area contributed by atoms with E-state index >= 15 is 0 Å². The lowest BCUT2D eigenvalue weighted by atomic mass is 10.00. The van der Waals surface area contributed by atoms with Gasteiger partial charge >= 0.3 is 6.03 Å². The van der Waals surface area contributed by atoms with Crippen LogP contribution in [0.1, 0.15) is 42.5 Å². The molecule has 2 aromatic heterocycles. The molecule has 0 bridgehead atoms. The van der Waals surface area contributed by atoms with Crippen LogP contribution in [0.3, 0.4) is 0 Å². The molecule has 0 aromatic carbocycles. The molecule has 2 unspecified atom stereocenters.